The van der Waals surface area contributed by atoms with Crippen molar-refractivity contribution in [3.8, 4) is 0 Å². The smallest absolute Gasteiger partial charge is 0.326 e. The molecule has 0 fully saturated rings. The number of aliphatic carboxylic acids is 1. The zero-order valence-electron chi connectivity index (χ0n) is 10.0. The molecule has 1 atom stereocenters. The van der Waals surface area contributed by atoms with Crippen LogP contribution in [0.15, 0.2) is 22.7 Å². The van der Waals surface area contributed by atoms with Crippen molar-refractivity contribution in [1.29, 1.82) is 0 Å². The van der Waals surface area contributed by atoms with Crippen molar-refractivity contribution in [3.05, 3.63) is 28.5 Å². The summed E-state index contributed by atoms with van der Waals surface area (Å²) in [4.78, 5) is 33.1. The Balaban J connectivity index is 2.76. The van der Waals surface area contributed by atoms with Crippen molar-refractivity contribution in [2.45, 2.75) is 12.5 Å². The minimum Gasteiger partial charge on any atom is -0.480 e. The van der Waals surface area contributed by atoms with E-state index in [0.29, 0.717) is 0 Å². The molecule has 3 amide bonds. The van der Waals surface area contributed by atoms with Crippen LogP contribution in [0, 0.1) is 5.82 Å². The van der Waals surface area contributed by atoms with E-state index in [1.54, 1.807) is 0 Å². The number of hydrogen-bond acceptors (Lipinski definition) is 3. The number of carboxylic acids is 1. The molecule has 7 nitrogen and oxygen atoms in total. The highest BCUT2D eigenvalue weighted by molar-refractivity contribution is 9.10. The van der Waals surface area contributed by atoms with Crippen molar-refractivity contribution in [1.82, 2.24) is 5.32 Å². The van der Waals surface area contributed by atoms with Gasteiger partial charge in [0, 0.05) is 4.47 Å². The molecular weight excluding hydrogens is 337 g/mol. The van der Waals surface area contributed by atoms with E-state index >= 15 is 0 Å². The van der Waals surface area contributed by atoms with Crippen LogP contribution in [0.25, 0.3) is 0 Å². The maximum absolute atomic E-state index is 13.5. The highest BCUT2D eigenvalue weighted by Crippen LogP contribution is 2.24. The number of nitrogens with two attached hydrogens (primary N) is 1. The number of carboxylic acid groups (broad SMARTS) is 1. The average Bonchev–Trinajstić information content (AvgIpc) is 2.32. The number of para-hydroxylation sites is 1. The fraction of sp³-hybridized carbons (Fsp3) is 0.182. The molecule has 0 spiro atoms. The number of rotatable bonds is 5. The van der Waals surface area contributed by atoms with Gasteiger partial charge in [0.05, 0.1) is 12.1 Å². The standard InChI is InChI=1S/C11H11BrFN3O4/c12-5-2-1-3-6(13)9(5)16-11(20)15-7(10(18)19)4-8(14)17/h1-3,7H,4H2,(H2,14,17)(H,18,19)(H2,15,16,20)/t7-/m0/s1. The molecule has 1 aromatic carbocycles. The predicted molar refractivity (Wildman–Crippen MR) is 71.5 cm³/mol. The Morgan fingerprint density at radius 1 is 1.40 bits per heavy atom. The summed E-state index contributed by atoms with van der Waals surface area (Å²) in [6, 6.07) is 1.59. The Labute approximate surface area is 121 Å². The van der Waals surface area contributed by atoms with Crippen LogP contribution >= 0.6 is 15.9 Å². The molecule has 0 saturated heterocycles. The SMILES string of the molecule is NC(=O)C[C@H](NC(=O)Nc1c(F)cccc1Br)C(=O)O. The van der Waals surface area contributed by atoms with Gasteiger partial charge in [-0.25, -0.2) is 14.0 Å². The lowest BCUT2D eigenvalue weighted by Crippen LogP contribution is -2.45. The summed E-state index contributed by atoms with van der Waals surface area (Å²) in [6.07, 6.45) is -0.568. The number of nitrogens with one attached hydrogen (secondary N) is 2. The molecule has 108 valence electrons. The first-order valence-corrected chi connectivity index (χ1v) is 6.13. The quantitative estimate of drug-likeness (QED) is 0.635. The minimum absolute atomic E-state index is 0.145. The van der Waals surface area contributed by atoms with Gasteiger partial charge in [0.15, 0.2) is 0 Å². The van der Waals surface area contributed by atoms with Gasteiger partial charge in [0.1, 0.15) is 11.9 Å². The minimum atomic E-state index is -1.49. The largest absolute Gasteiger partial charge is 0.480 e. The van der Waals surface area contributed by atoms with Gasteiger partial charge in [-0.2, -0.15) is 0 Å². The third-order valence-corrected chi connectivity index (χ3v) is 2.87. The van der Waals surface area contributed by atoms with Crippen LogP contribution in [-0.4, -0.2) is 29.1 Å². The molecule has 1 rings (SSSR count). The van der Waals surface area contributed by atoms with Gasteiger partial charge in [-0.15, -0.1) is 0 Å². The van der Waals surface area contributed by atoms with Crippen molar-refractivity contribution in [2.75, 3.05) is 5.32 Å². The number of carbonyl (C=O) groups excluding carboxylic acids is 2. The molecule has 0 heterocycles. The van der Waals surface area contributed by atoms with E-state index in [9.17, 15) is 18.8 Å². The van der Waals surface area contributed by atoms with Gasteiger partial charge in [0.25, 0.3) is 0 Å². The van der Waals surface area contributed by atoms with Crippen LogP contribution in [0.5, 0.6) is 0 Å². The number of carbonyl (C=O) groups is 3. The second-order valence-electron chi connectivity index (χ2n) is 3.76. The summed E-state index contributed by atoms with van der Waals surface area (Å²) in [7, 11) is 0. The lowest BCUT2D eigenvalue weighted by Gasteiger charge is -2.14. The van der Waals surface area contributed by atoms with Gasteiger partial charge >= 0.3 is 12.0 Å². The number of benzene rings is 1. The highest BCUT2D eigenvalue weighted by Gasteiger charge is 2.22. The number of hydrogen-bond donors (Lipinski definition) is 4. The first-order valence-electron chi connectivity index (χ1n) is 5.34. The van der Waals surface area contributed by atoms with E-state index in [1.165, 1.54) is 12.1 Å². The van der Waals surface area contributed by atoms with Gasteiger partial charge in [0.2, 0.25) is 5.91 Å². The molecule has 0 aliphatic heterocycles. The third kappa shape index (κ3) is 4.50. The second kappa shape index (κ2) is 6.85. The topological polar surface area (TPSA) is 122 Å². The Hall–Kier alpha value is -2.16. The lowest BCUT2D eigenvalue weighted by atomic mass is 10.2. The third-order valence-electron chi connectivity index (χ3n) is 2.21. The van der Waals surface area contributed by atoms with E-state index in [2.05, 4.69) is 21.2 Å². The Bertz CT molecular complexity index is 532. The van der Waals surface area contributed by atoms with Crippen LogP contribution in [-0.2, 0) is 9.59 Å². The normalized spacial score (nSPS) is 11.5. The van der Waals surface area contributed by atoms with Crippen LogP contribution < -0.4 is 16.4 Å². The Kier molecular flexibility index (Phi) is 5.44. The van der Waals surface area contributed by atoms with E-state index < -0.39 is 36.2 Å². The van der Waals surface area contributed by atoms with Crippen molar-refractivity contribution in [2.24, 2.45) is 5.73 Å². The van der Waals surface area contributed by atoms with Crippen LogP contribution in [0.2, 0.25) is 0 Å². The van der Waals surface area contributed by atoms with E-state index in [-0.39, 0.29) is 10.2 Å². The molecule has 20 heavy (non-hydrogen) atoms. The van der Waals surface area contributed by atoms with Gasteiger partial charge in [-0.1, -0.05) is 6.07 Å². The number of amides is 3. The summed E-state index contributed by atoms with van der Waals surface area (Å²) in [5.74, 6) is -3.01. The molecule has 1 aromatic rings. The maximum Gasteiger partial charge on any atom is 0.326 e. The average molecular weight is 348 g/mol. The second-order valence-corrected chi connectivity index (χ2v) is 4.61. The molecule has 0 unspecified atom stereocenters. The molecule has 0 aliphatic rings. The van der Waals surface area contributed by atoms with Crippen LogP contribution in [0.3, 0.4) is 0 Å². The van der Waals surface area contributed by atoms with E-state index in [4.69, 9.17) is 10.8 Å². The Morgan fingerprint density at radius 3 is 2.55 bits per heavy atom. The molecule has 0 bridgehead atoms. The molecule has 5 N–H and O–H groups in total. The summed E-state index contributed by atoms with van der Waals surface area (Å²) >= 11 is 3.04. The van der Waals surface area contributed by atoms with Gasteiger partial charge in [-0.05, 0) is 28.1 Å². The zero-order valence-corrected chi connectivity index (χ0v) is 11.6. The van der Waals surface area contributed by atoms with E-state index in [0.717, 1.165) is 6.07 Å². The molecule has 0 saturated carbocycles. The maximum atomic E-state index is 13.5. The molecule has 9 heteroatoms. The summed E-state index contributed by atoms with van der Waals surface area (Å²) in [5.41, 5.74) is 4.72. The van der Waals surface area contributed by atoms with Crippen LogP contribution in [0.4, 0.5) is 14.9 Å². The highest BCUT2D eigenvalue weighted by atomic mass is 79.9. The first kappa shape index (κ1) is 15.9. The van der Waals surface area contributed by atoms with Crippen LogP contribution in [0.1, 0.15) is 6.42 Å². The fourth-order valence-electron chi connectivity index (χ4n) is 1.33. The molecule has 0 aromatic heterocycles. The number of anilines is 1. The van der Waals surface area contributed by atoms with Gasteiger partial charge < -0.3 is 21.5 Å². The number of urea groups is 1. The lowest BCUT2D eigenvalue weighted by molar-refractivity contribution is -0.140. The summed E-state index contributed by atoms with van der Waals surface area (Å²) in [6.45, 7) is 0. The number of primary amides is 1. The van der Waals surface area contributed by atoms with Gasteiger partial charge in [-0.3, -0.25) is 4.79 Å². The Morgan fingerprint density at radius 2 is 2.05 bits per heavy atom. The van der Waals surface area contributed by atoms with Crippen molar-refractivity contribution >= 4 is 39.5 Å². The summed E-state index contributed by atoms with van der Waals surface area (Å²) < 4.78 is 13.7. The first-order chi connectivity index (χ1) is 9.31. The van der Waals surface area contributed by atoms with E-state index in [1.807, 2.05) is 5.32 Å². The molecule has 0 aliphatic carbocycles. The van der Waals surface area contributed by atoms with Crippen molar-refractivity contribution in [3.63, 3.8) is 0 Å². The van der Waals surface area contributed by atoms with Crippen molar-refractivity contribution < 1.29 is 23.9 Å². The molecule has 0 radical (unpaired) electrons. The predicted octanol–water partition coefficient (Wildman–Crippen LogP) is 1.04. The number of halogens is 2. The summed E-state index contributed by atoms with van der Waals surface area (Å²) in [5, 5.41) is 13.0. The monoisotopic (exact) mass is 347 g/mol. The zero-order chi connectivity index (χ0) is 15.3. The molecular formula is C11H11BrFN3O4. The fourth-order valence-corrected chi connectivity index (χ4v) is 1.77.